The molecular formula is C18H24BrN3O3. The van der Waals surface area contributed by atoms with Crippen molar-refractivity contribution < 1.29 is 14.4 Å². The smallest absolute Gasteiger partial charge is 0.269 e. The van der Waals surface area contributed by atoms with E-state index in [9.17, 15) is 14.4 Å². The lowest BCUT2D eigenvalue weighted by Gasteiger charge is -2.27. The van der Waals surface area contributed by atoms with Gasteiger partial charge in [0.2, 0.25) is 11.8 Å². The third-order valence-electron chi connectivity index (χ3n) is 4.19. The standard InChI is InChI=1S/C18H24BrN3O3/c1-13(12-17(24)22-9-3-2-4-10-22)11-16(23)20-21-18(25)14-5-7-15(19)8-6-14/h5-8,13H,2-4,9-12H2,1H3,(H,20,23)(H,21,25)/t13-/m1/s1. The second kappa shape index (κ2) is 9.56. The minimum atomic E-state index is -0.377. The lowest BCUT2D eigenvalue weighted by Crippen LogP contribution is -2.42. The molecule has 2 rings (SSSR count). The predicted molar refractivity (Wildman–Crippen MR) is 98.6 cm³/mol. The minimum absolute atomic E-state index is 0.0704. The van der Waals surface area contributed by atoms with E-state index >= 15 is 0 Å². The van der Waals surface area contributed by atoms with Gasteiger partial charge >= 0.3 is 0 Å². The van der Waals surface area contributed by atoms with Crippen LogP contribution in [-0.2, 0) is 9.59 Å². The quantitative estimate of drug-likeness (QED) is 0.733. The van der Waals surface area contributed by atoms with Gasteiger partial charge < -0.3 is 4.90 Å². The first-order valence-corrected chi connectivity index (χ1v) is 9.37. The van der Waals surface area contributed by atoms with E-state index < -0.39 is 0 Å². The molecule has 25 heavy (non-hydrogen) atoms. The molecule has 6 nitrogen and oxygen atoms in total. The van der Waals surface area contributed by atoms with Crippen molar-refractivity contribution in [3.63, 3.8) is 0 Å². The number of halogens is 1. The van der Waals surface area contributed by atoms with E-state index in [0.29, 0.717) is 12.0 Å². The number of hydrazine groups is 1. The molecule has 1 atom stereocenters. The number of benzene rings is 1. The molecule has 1 aliphatic heterocycles. The molecule has 0 unspecified atom stereocenters. The number of hydrogen-bond acceptors (Lipinski definition) is 3. The highest BCUT2D eigenvalue weighted by molar-refractivity contribution is 9.10. The molecule has 136 valence electrons. The van der Waals surface area contributed by atoms with Crippen LogP contribution in [0.25, 0.3) is 0 Å². The summed E-state index contributed by atoms with van der Waals surface area (Å²) in [5, 5.41) is 0. The summed E-state index contributed by atoms with van der Waals surface area (Å²) in [7, 11) is 0. The zero-order valence-corrected chi connectivity index (χ0v) is 16.0. The highest BCUT2D eigenvalue weighted by atomic mass is 79.9. The van der Waals surface area contributed by atoms with E-state index in [1.54, 1.807) is 24.3 Å². The summed E-state index contributed by atoms with van der Waals surface area (Å²) in [6.07, 6.45) is 3.85. The summed E-state index contributed by atoms with van der Waals surface area (Å²) in [5.74, 6) is -0.639. The monoisotopic (exact) mass is 409 g/mol. The fourth-order valence-corrected chi connectivity index (χ4v) is 3.07. The van der Waals surface area contributed by atoms with Crippen molar-refractivity contribution in [2.75, 3.05) is 13.1 Å². The van der Waals surface area contributed by atoms with E-state index in [0.717, 1.165) is 30.4 Å². The van der Waals surface area contributed by atoms with Crippen molar-refractivity contribution >= 4 is 33.7 Å². The Bertz CT molecular complexity index is 612. The zero-order valence-electron chi connectivity index (χ0n) is 14.4. The SMILES string of the molecule is C[C@H](CC(=O)NNC(=O)c1ccc(Br)cc1)CC(=O)N1CCCCC1. The maximum absolute atomic E-state index is 12.2. The van der Waals surface area contributed by atoms with Crippen LogP contribution >= 0.6 is 15.9 Å². The van der Waals surface area contributed by atoms with E-state index in [4.69, 9.17) is 0 Å². The van der Waals surface area contributed by atoms with Crippen molar-refractivity contribution in [3.8, 4) is 0 Å². The van der Waals surface area contributed by atoms with Gasteiger partial charge in [-0.2, -0.15) is 0 Å². The first-order valence-electron chi connectivity index (χ1n) is 8.58. The molecular weight excluding hydrogens is 386 g/mol. The first kappa shape index (κ1) is 19.4. The molecule has 0 spiro atoms. The number of carbonyl (C=O) groups is 3. The van der Waals surface area contributed by atoms with Gasteiger partial charge in [0.1, 0.15) is 0 Å². The van der Waals surface area contributed by atoms with Gasteiger partial charge in [0.25, 0.3) is 5.91 Å². The Morgan fingerprint density at radius 2 is 1.68 bits per heavy atom. The van der Waals surface area contributed by atoms with Gasteiger partial charge in [-0.25, -0.2) is 0 Å². The fourth-order valence-electron chi connectivity index (χ4n) is 2.81. The Balaban J connectivity index is 1.70. The van der Waals surface area contributed by atoms with Gasteiger partial charge in [-0.3, -0.25) is 25.2 Å². The molecule has 0 radical (unpaired) electrons. The maximum atomic E-state index is 12.2. The highest BCUT2D eigenvalue weighted by Gasteiger charge is 2.20. The van der Waals surface area contributed by atoms with Crippen LogP contribution in [0.2, 0.25) is 0 Å². The van der Waals surface area contributed by atoms with E-state index in [2.05, 4.69) is 26.8 Å². The van der Waals surface area contributed by atoms with Gasteiger partial charge in [0.15, 0.2) is 0 Å². The van der Waals surface area contributed by atoms with Crippen molar-refractivity contribution in [1.82, 2.24) is 15.8 Å². The number of likely N-dealkylation sites (tertiary alicyclic amines) is 1. The molecule has 0 aliphatic carbocycles. The van der Waals surface area contributed by atoms with E-state index in [1.165, 1.54) is 6.42 Å². The minimum Gasteiger partial charge on any atom is -0.343 e. The van der Waals surface area contributed by atoms with Crippen molar-refractivity contribution in [2.24, 2.45) is 5.92 Å². The average molecular weight is 410 g/mol. The van der Waals surface area contributed by atoms with Gasteiger partial charge in [-0.15, -0.1) is 0 Å². The molecule has 1 aliphatic rings. The van der Waals surface area contributed by atoms with Gasteiger partial charge in [0, 0.05) is 36.0 Å². The van der Waals surface area contributed by atoms with Crippen molar-refractivity contribution in [2.45, 2.75) is 39.0 Å². The van der Waals surface area contributed by atoms with Crippen LogP contribution in [-0.4, -0.2) is 35.7 Å². The normalized spacial score (nSPS) is 15.4. The number of hydrogen-bond donors (Lipinski definition) is 2. The Labute approximate surface area is 156 Å². The highest BCUT2D eigenvalue weighted by Crippen LogP contribution is 2.14. The van der Waals surface area contributed by atoms with Gasteiger partial charge in [-0.05, 0) is 49.4 Å². The summed E-state index contributed by atoms with van der Waals surface area (Å²) in [6, 6.07) is 6.83. The lowest BCUT2D eigenvalue weighted by atomic mass is 10.0. The van der Waals surface area contributed by atoms with Crippen LogP contribution in [0.5, 0.6) is 0 Å². The number of rotatable bonds is 5. The molecule has 2 N–H and O–H groups in total. The molecule has 1 aromatic rings. The second-order valence-corrected chi connectivity index (χ2v) is 7.38. The summed E-state index contributed by atoms with van der Waals surface area (Å²) < 4.78 is 0.875. The Kier molecular flexibility index (Phi) is 7.43. The largest absolute Gasteiger partial charge is 0.343 e. The number of amides is 3. The third-order valence-corrected chi connectivity index (χ3v) is 4.72. The van der Waals surface area contributed by atoms with Gasteiger partial charge in [-0.1, -0.05) is 22.9 Å². The summed E-state index contributed by atoms with van der Waals surface area (Å²) >= 11 is 3.30. The lowest BCUT2D eigenvalue weighted by molar-refractivity contribution is -0.133. The van der Waals surface area contributed by atoms with Crippen LogP contribution < -0.4 is 10.9 Å². The number of nitrogens with one attached hydrogen (secondary N) is 2. The molecule has 3 amide bonds. The molecule has 1 aromatic carbocycles. The molecule has 1 fully saturated rings. The fraction of sp³-hybridized carbons (Fsp3) is 0.500. The zero-order chi connectivity index (χ0) is 18.2. The molecule has 1 saturated heterocycles. The summed E-state index contributed by atoms with van der Waals surface area (Å²) in [6.45, 7) is 3.51. The van der Waals surface area contributed by atoms with Crippen LogP contribution in [0, 0.1) is 5.92 Å². The second-order valence-electron chi connectivity index (χ2n) is 6.46. The average Bonchev–Trinajstić information content (AvgIpc) is 2.61. The van der Waals surface area contributed by atoms with Crippen molar-refractivity contribution in [3.05, 3.63) is 34.3 Å². The Morgan fingerprint density at radius 1 is 1.04 bits per heavy atom. The molecule has 0 saturated carbocycles. The number of piperidine rings is 1. The topological polar surface area (TPSA) is 78.5 Å². The molecule has 1 heterocycles. The predicted octanol–water partition coefficient (Wildman–Crippen LogP) is 2.64. The van der Waals surface area contributed by atoms with E-state index in [-0.39, 0.29) is 30.1 Å². The summed E-state index contributed by atoms with van der Waals surface area (Å²) in [4.78, 5) is 37.9. The molecule has 0 bridgehead atoms. The van der Waals surface area contributed by atoms with Crippen LogP contribution in [0.3, 0.4) is 0 Å². The third kappa shape index (κ3) is 6.49. The van der Waals surface area contributed by atoms with E-state index in [1.807, 2.05) is 11.8 Å². The Hall–Kier alpha value is -1.89. The van der Waals surface area contributed by atoms with Crippen LogP contribution in [0.15, 0.2) is 28.7 Å². The number of nitrogens with zero attached hydrogens (tertiary/aromatic N) is 1. The Morgan fingerprint density at radius 3 is 2.32 bits per heavy atom. The van der Waals surface area contributed by atoms with Crippen LogP contribution in [0.1, 0.15) is 49.4 Å². The maximum Gasteiger partial charge on any atom is 0.269 e. The van der Waals surface area contributed by atoms with Gasteiger partial charge in [0.05, 0.1) is 0 Å². The van der Waals surface area contributed by atoms with Crippen molar-refractivity contribution in [1.29, 1.82) is 0 Å². The van der Waals surface area contributed by atoms with Crippen LogP contribution in [0.4, 0.5) is 0 Å². The molecule has 7 heteroatoms. The first-order chi connectivity index (χ1) is 12.0. The summed E-state index contributed by atoms with van der Waals surface area (Å²) in [5.41, 5.74) is 5.25. The molecule has 0 aromatic heterocycles. The number of carbonyl (C=O) groups excluding carboxylic acids is 3.